The zero-order valence-electron chi connectivity index (χ0n) is 10.8. The van der Waals surface area contributed by atoms with Gasteiger partial charge in [0.05, 0.1) is 0 Å². The van der Waals surface area contributed by atoms with E-state index in [1.54, 1.807) is 0 Å². The predicted octanol–water partition coefficient (Wildman–Crippen LogP) is 2.25. The van der Waals surface area contributed by atoms with Crippen LogP contribution in [0.1, 0.15) is 46.0 Å². The Balaban J connectivity index is 1.61. The number of hydrogen-bond acceptors (Lipinski definition) is 2. The lowest BCUT2D eigenvalue weighted by molar-refractivity contribution is 0.131. The Morgan fingerprint density at radius 2 is 1.75 bits per heavy atom. The van der Waals surface area contributed by atoms with Crippen LogP contribution in [0.5, 0.6) is 0 Å². The maximum absolute atomic E-state index is 3.80. The summed E-state index contributed by atoms with van der Waals surface area (Å²) in [6.07, 6.45) is 7.25. The number of piperidine rings is 1. The molecule has 0 aromatic carbocycles. The Kier molecular flexibility index (Phi) is 2.97. The van der Waals surface area contributed by atoms with Crippen molar-refractivity contribution in [2.75, 3.05) is 13.1 Å². The highest BCUT2D eigenvalue weighted by molar-refractivity contribution is 5.01. The van der Waals surface area contributed by atoms with E-state index in [9.17, 15) is 0 Å². The van der Waals surface area contributed by atoms with Crippen LogP contribution in [0.3, 0.4) is 0 Å². The van der Waals surface area contributed by atoms with E-state index in [4.69, 9.17) is 0 Å². The first kappa shape index (κ1) is 11.0. The molecule has 3 rings (SSSR count). The van der Waals surface area contributed by atoms with Gasteiger partial charge in [-0.25, -0.2) is 0 Å². The van der Waals surface area contributed by atoms with Crippen molar-refractivity contribution in [3.63, 3.8) is 0 Å². The third-order valence-corrected chi connectivity index (χ3v) is 4.75. The van der Waals surface area contributed by atoms with Gasteiger partial charge >= 0.3 is 0 Å². The van der Waals surface area contributed by atoms with Crippen LogP contribution in [0.4, 0.5) is 0 Å². The lowest BCUT2D eigenvalue weighted by Gasteiger charge is -2.40. The molecule has 2 heteroatoms. The van der Waals surface area contributed by atoms with Crippen molar-refractivity contribution in [1.82, 2.24) is 10.2 Å². The van der Waals surface area contributed by atoms with Gasteiger partial charge in [-0.2, -0.15) is 0 Å². The van der Waals surface area contributed by atoms with Gasteiger partial charge in [0.15, 0.2) is 0 Å². The average Bonchev–Trinajstić information content (AvgIpc) is 2.86. The zero-order chi connectivity index (χ0) is 11.1. The maximum Gasteiger partial charge on any atom is 0.0249 e. The molecule has 1 aliphatic heterocycles. The molecule has 92 valence electrons. The predicted molar refractivity (Wildman–Crippen MR) is 67.5 cm³/mol. The zero-order valence-corrected chi connectivity index (χ0v) is 10.8. The first-order valence-corrected chi connectivity index (χ1v) is 7.24. The highest BCUT2D eigenvalue weighted by Gasteiger charge is 2.48. The summed E-state index contributed by atoms with van der Waals surface area (Å²) in [5.74, 6) is 2.17. The molecule has 0 aromatic heterocycles. The van der Waals surface area contributed by atoms with Crippen LogP contribution in [0, 0.1) is 11.8 Å². The monoisotopic (exact) mass is 222 g/mol. The van der Waals surface area contributed by atoms with Crippen molar-refractivity contribution in [3.05, 3.63) is 0 Å². The van der Waals surface area contributed by atoms with Crippen LogP contribution in [0.25, 0.3) is 0 Å². The Morgan fingerprint density at radius 1 is 1.06 bits per heavy atom. The number of nitrogens with one attached hydrogen (secondary N) is 1. The fourth-order valence-electron chi connectivity index (χ4n) is 3.88. The van der Waals surface area contributed by atoms with Gasteiger partial charge in [0.25, 0.3) is 0 Å². The van der Waals surface area contributed by atoms with Gasteiger partial charge in [0.1, 0.15) is 0 Å². The Bertz CT molecular complexity index is 241. The maximum atomic E-state index is 3.80. The molecular formula is C14H26N2. The summed E-state index contributed by atoms with van der Waals surface area (Å²) in [5, 5.41) is 3.80. The molecular weight excluding hydrogens is 196 g/mol. The second-order valence-electron chi connectivity index (χ2n) is 6.49. The van der Waals surface area contributed by atoms with Gasteiger partial charge in [-0.05, 0) is 31.1 Å². The van der Waals surface area contributed by atoms with E-state index in [1.165, 1.54) is 45.2 Å². The molecule has 0 bridgehead atoms. The average molecular weight is 222 g/mol. The molecule has 0 spiro atoms. The highest BCUT2D eigenvalue weighted by Crippen LogP contribution is 2.46. The summed E-state index contributed by atoms with van der Waals surface area (Å²) in [4.78, 5) is 2.80. The Hall–Kier alpha value is -0.0800. The van der Waals surface area contributed by atoms with E-state index in [-0.39, 0.29) is 0 Å². The normalized spacial score (nSPS) is 43.7. The number of fused-ring (bicyclic) bond motifs is 1. The fourth-order valence-corrected chi connectivity index (χ4v) is 3.88. The molecule has 1 N–H and O–H groups in total. The number of likely N-dealkylation sites (tertiary alicyclic amines) is 1. The SMILES string of the molecule is CC(C)N[C@H]1CCCC[C@@H]1N1CC2CC2C1. The summed E-state index contributed by atoms with van der Waals surface area (Å²) < 4.78 is 0. The molecule has 2 saturated carbocycles. The van der Waals surface area contributed by atoms with Crippen molar-refractivity contribution >= 4 is 0 Å². The number of hydrogen-bond donors (Lipinski definition) is 1. The third kappa shape index (κ3) is 2.14. The smallest absolute Gasteiger partial charge is 0.0249 e. The lowest BCUT2D eigenvalue weighted by Crippen LogP contribution is -2.53. The molecule has 1 saturated heterocycles. The topological polar surface area (TPSA) is 15.3 Å². The third-order valence-electron chi connectivity index (χ3n) is 4.75. The van der Waals surface area contributed by atoms with Crippen LogP contribution >= 0.6 is 0 Å². The van der Waals surface area contributed by atoms with Crippen LogP contribution in [-0.4, -0.2) is 36.1 Å². The first-order valence-electron chi connectivity index (χ1n) is 7.24. The molecule has 1 heterocycles. The minimum atomic E-state index is 0.641. The molecule has 0 amide bonds. The molecule has 2 nitrogen and oxygen atoms in total. The molecule has 3 fully saturated rings. The van der Waals surface area contributed by atoms with Gasteiger partial charge in [-0.1, -0.05) is 26.7 Å². The molecule has 3 aliphatic rings. The molecule has 0 radical (unpaired) electrons. The summed E-state index contributed by atoms with van der Waals surface area (Å²) in [5.41, 5.74) is 0. The summed E-state index contributed by atoms with van der Waals surface area (Å²) >= 11 is 0. The summed E-state index contributed by atoms with van der Waals surface area (Å²) in [6.45, 7) is 7.39. The summed E-state index contributed by atoms with van der Waals surface area (Å²) in [6, 6.07) is 2.26. The molecule has 16 heavy (non-hydrogen) atoms. The quantitative estimate of drug-likeness (QED) is 0.788. The van der Waals surface area contributed by atoms with Crippen LogP contribution in [0.2, 0.25) is 0 Å². The minimum Gasteiger partial charge on any atom is -0.310 e. The number of rotatable bonds is 3. The molecule has 4 atom stereocenters. The van der Waals surface area contributed by atoms with E-state index in [1.807, 2.05) is 0 Å². The van der Waals surface area contributed by atoms with Crippen LogP contribution < -0.4 is 5.32 Å². The van der Waals surface area contributed by atoms with Gasteiger partial charge < -0.3 is 5.32 Å². The molecule has 2 unspecified atom stereocenters. The second kappa shape index (κ2) is 4.30. The summed E-state index contributed by atoms with van der Waals surface area (Å²) in [7, 11) is 0. The van der Waals surface area contributed by atoms with Crippen molar-refractivity contribution in [2.24, 2.45) is 11.8 Å². The van der Waals surface area contributed by atoms with E-state index in [0.29, 0.717) is 6.04 Å². The Labute approximate surface area is 99.8 Å². The van der Waals surface area contributed by atoms with Gasteiger partial charge in [-0.3, -0.25) is 4.90 Å². The standard InChI is InChI=1S/C14H26N2/c1-10(2)15-13-5-3-4-6-14(13)16-8-11-7-12(11)9-16/h10-15H,3-9H2,1-2H3/t11?,12?,13-,14-/m0/s1. The van der Waals surface area contributed by atoms with Gasteiger partial charge in [0, 0.05) is 31.2 Å². The van der Waals surface area contributed by atoms with Crippen molar-refractivity contribution in [1.29, 1.82) is 0 Å². The molecule has 2 aliphatic carbocycles. The van der Waals surface area contributed by atoms with E-state index < -0.39 is 0 Å². The molecule has 0 aromatic rings. The van der Waals surface area contributed by atoms with E-state index >= 15 is 0 Å². The first-order chi connectivity index (χ1) is 7.74. The van der Waals surface area contributed by atoms with E-state index in [2.05, 4.69) is 24.1 Å². The number of nitrogens with zero attached hydrogens (tertiary/aromatic N) is 1. The fraction of sp³-hybridized carbons (Fsp3) is 1.00. The largest absolute Gasteiger partial charge is 0.310 e. The Morgan fingerprint density at radius 3 is 2.44 bits per heavy atom. The highest BCUT2D eigenvalue weighted by atomic mass is 15.2. The lowest BCUT2D eigenvalue weighted by atomic mass is 9.88. The second-order valence-corrected chi connectivity index (χ2v) is 6.49. The van der Waals surface area contributed by atoms with Gasteiger partial charge in [0.2, 0.25) is 0 Å². The van der Waals surface area contributed by atoms with Crippen LogP contribution in [-0.2, 0) is 0 Å². The van der Waals surface area contributed by atoms with Crippen molar-refractivity contribution in [3.8, 4) is 0 Å². The van der Waals surface area contributed by atoms with Crippen LogP contribution in [0.15, 0.2) is 0 Å². The van der Waals surface area contributed by atoms with Crippen molar-refractivity contribution < 1.29 is 0 Å². The van der Waals surface area contributed by atoms with E-state index in [0.717, 1.165) is 23.9 Å². The van der Waals surface area contributed by atoms with Crippen molar-refractivity contribution in [2.45, 2.75) is 64.1 Å². The minimum absolute atomic E-state index is 0.641. The van der Waals surface area contributed by atoms with Gasteiger partial charge in [-0.15, -0.1) is 0 Å².